The van der Waals surface area contributed by atoms with Gasteiger partial charge in [-0.2, -0.15) is 0 Å². The fourth-order valence-corrected chi connectivity index (χ4v) is 4.10. The fraction of sp³-hybridized carbons (Fsp3) is 0.176. The van der Waals surface area contributed by atoms with Crippen LogP contribution in [-0.2, 0) is 35.9 Å². The number of ether oxygens (including phenoxy) is 4. The smallest absolute Gasteiger partial charge is 0.342 e. The lowest BCUT2D eigenvalue weighted by atomic mass is 10.1. The van der Waals surface area contributed by atoms with Gasteiger partial charge in [-0.15, -0.1) is 0 Å². The molecule has 0 aliphatic rings. The Morgan fingerprint density at radius 1 is 0.522 bits per heavy atom. The van der Waals surface area contributed by atoms with E-state index in [4.69, 9.17) is 29.5 Å². The van der Waals surface area contributed by atoms with Crippen molar-refractivity contribution in [2.45, 2.75) is 26.4 Å². The first-order valence-corrected chi connectivity index (χ1v) is 13.7. The molecule has 0 aliphatic carbocycles. The lowest BCUT2D eigenvalue weighted by molar-refractivity contribution is 0.0550. The first kappa shape index (κ1) is 34.8. The summed E-state index contributed by atoms with van der Waals surface area (Å²) in [5.74, 6) is -3.77. The highest BCUT2D eigenvalue weighted by molar-refractivity contribution is 6.05. The maximum Gasteiger partial charge on any atom is 0.342 e. The van der Waals surface area contributed by atoms with Gasteiger partial charge < -0.3 is 39.4 Å². The number of hydrogen-bond acceptors (Lipinski definition) is 10. The average molecular weight is 633 g/mol. The second kappa shape index (κ2) is 16.9. The molecule has 0 saturated carbocycles. The Morgan fingerprint density at radius 2 is 0.935 bits per heavy atom. The van der Waals surface area contributed by atoms with Crippen molar-refractivity contribution in [3.8, 4) is 11.5 Å². The van der Waals surface area contributed by atoms with E-state index in [1.54, 1.807) is 48.5 Å². The molecule has 0 unspecified atom stereocenters. The predicted molar refractivity (Wildman–Crippen MR) is 163 cm³/mol. The summed E-state index contributed by atoms with van der Waals surface area (Å²) >= 11 is 0. The normalized spacial score (nSPS) is 10.2. The number of carbonyl (C=O) groups excluding carboxylic acids is 2. The molecule has 0 heterocycles. The van der Waals surface area contributed by atoms with Gasteiger partial charge in [0.1, 0.15) is 35.8 Å². The third-order valence-corrected chi connectivity index (χ3v) is 6.49. The molecule has 0 saturated heterocycles. The van der Waals surface area contributed by atoms with E-state index < -0.39 is 23.9 Å². The summed E-state index contributed by atoms with van der Waals surface area (Å²) in [4.78, 5) is 46.2. The standard InChI is InChI=1S/C18H18O6.C16H14O6/c1-22-17(20)14-4-3-5-15(16(14)18(21)23-2)24-11-13-8-6-12(10-19)7-9-13;17-8-10-4-6-11(7-5-10)9-22-13-3-1-2-12(15(18)19)14(13)16(20)21/h3-9,19H,10-11H2,1-2H3;1-7,17H,8-9H2,(H,18,19)(H,20,21). The van der Waals surface area contributed by atoms with Crippen molar-refractivity contribution in [3.63, 3.8) is 0 Å². The third kappa shape index (κ3) is 9.14. The Morgan fingerprint density at radius 3 is 1.33 bits per heavy atom. The van der Waals surface area contributed by atoms with Crippen molar-refractivity contribution in [2.24, 2.45) is 0 Å². The van der Waals surface area contributed by atoms with Crippen LogP contribution in [0.3, 0.4) is 0 Å². The van der Waals surface area contributed by atoms with Crippen molar-refractivity contribution in [1.29, 1.82) is 0 Å². The predicted octanol–water partition coefficient (Wildman–Crippen LogP) is 4.49. The zero-order valence-corrected chi connectivity index (χ0v) is 25.0. The van der Waals surface area contributed by atoms with Crippen molar-refractivity contribution in [1.82, 2.24) is 0 Å². The first-order chi connectivity index (χ1) is 22.1. The summed E-state index contributed by atoms with van der Waals surface area (Å²) in [5.41, 5.74) is 2.59. The number of carboxylic acids is 2. The molecule has 12 heteroatoms. The molecule has 0 bridgehead atoms. The molecular formula is C34H32O12. The molecule has 0 aromatic heterocycles. The SMILES string of the molecule is COC(=O)c1cccc(OCc2ccc(CO)cc2)c1C(=O)OC.O=C(O)c1cccc(OCc2ccc(CO)cc2)c1C(=O)O. The van der Waals surface area contributed by atoms with Gasteiger partial charge in [-0.05, 0) is 46.5 Å². The van der Waals surface area contributed by atoms with Gasteiger partial charge in [0.25, 0.3) is 0 Å². The van der Waals surface area contributed by atoms with Crippen LogP contribution in [0.4, 0.5) is 0 Å². The molecule has 4 aromatic rings. The highest BCUT2D eigenvalue weighted by Crippen LogP contribution is 2.26. The lowest BCUT2D eigenvalue weighted by Crippen LogP contribution is -2.14. The Labute approximate surface area is 264 Å². The van der Waals surface area contributed by atoms with Crippen LogP contribution < -0.4 is 9.47 Å². The van der Waals surface area contributed by atoms with Crippen LogP contribution in [-0.4, -0.2) is 58.5 Å². The van der Waals surface area contributed by atoms with Crippen molar-refractivity contribution in [3.05, 3.63) is 129 Å². The summed E-state index contributed by atoms with van der Waals surface area (Å²) < 4.78 is 20.6. The Bertz CT molecular complexity index is 1660. The van der Waals surface area contributed by atoms with E-state index >= 15 is 0 Å². The molecule has 12 nitrogen and oxygen atoms in total. The number of methoxy groups -OCH3 is 2. The first-order valence-electron chi connectivity index (χ1n) is 13.7. The van der Waals surface area contributed by atoms with E-state index in [0.29, 0.717) is 0 Å². The number of esters is 2. The van der Waals surface area contributed by atoms with Gasteiger partial charge in [0, 0.05) is 0 Å². The van der Waals surface area contributed by atoms with Crippen LogP contribution in [0.1, 0.15) is 63.7 Å². The molecule has 4 rings (SSSR count). The topological polar surface area (TPSA) is 186 Å². The number of carbonyl (C=O) groups is 4. The van der Waals surface area contributed by atoms with Crippen LogP contribution in [0.5, 0.6) is 11.5 Å². The van der Waals surface area contributed by atoms with Gasteiger partial charge in [-0.1, -0.05) is 60.7 Å². The van der Waals surface area contributed by atoms with E-state index in [0.717, 1.165) is 22.3 Å². The third-order valence-electron chi connectivity index (χ3n) is 6.49. The number of aromatic carboxylic acids is 2. The van der Waals surface area contributed by atoms with Gasteiger partial charge in [-0.25, -0.2) is 19.2 Å². The highest BCUT2D eigenvalue weighted by atomic mass is 16.5. The monoisotopic (exact) mass is 632 g/mol. The summed E-state index contributed by atoms with van der Waals surface area (Å²) in [6, 6.07) is 22.9. The maximum atomic E-state index is 12.0. The van der Waals surface area contributed by atoms with Gasteiger partial charge >= 0.3 is 23.9 Å². The van der Waals surface area contributed by atoms with Crippen molar-refractivity contribution in [2.75, 3.05) is 14.2 Å². The minimum absolute atomic E-state index is 0.00126. The molecule has 46 heavy (non-hydrogen) atoms. The number of aliphatic hydroxyl groups is 2. The summed E-state index contributed by atoms with van der Waals surface area (Å²) in [5, 5.41) is 36.2. The average Bonchev–Trinajstić information content (AvgIpc) is 3.09. The maximum absolute atomic E-state index is 12.0. The fourth-order valence-electron chi connectivity index (χ4n) is 4.10. The second-order valence-electron chi connectivity index (χ2n) is 9.48. The van der Waals surface area contributed by atoms with E-state index in [1.165, 1.54) is 38.5 Å². The van der Waals surface area contributed by atoms with E-state index in [9.17, 15) is 24.3 Å². The van der Waals surface area contributed by atoms with Crippen LogP contribution >= 0.6 is 0 Å². The zero-order chi connectivity index (χ0) is 33.6. The van der Waals surface area contributed by atoms with Crippen molar-refractivity contribution < 1.29 is 58.6 Å². The summed E-state index contributed by atoms with van der Waals surface area (Å²) in [7, 11) is 2.47. The number of aliphatic hydroxyl groups excluding tert-OH is 2. The van der Waals surface area contributed by atoms with E-state index in [1.807, 2.05) is 12.1 Å². The number of hydrogen-bond donors (Lipinski definition) is 4. The molecule has 4 N–H and O–H groups in total. The molecule has 0 fully saturated rings. The number of carboxylic acid groups (broad SMARTS) is 2. The molecule has 0 aliphatic heterocycles. The Hall–Kier alpha value is -5.72. The number of benzene rings is 4. The van der Waals surface area contributed by atoms with Gasteiger partial charge in [0.15, 0.2) is 0 Å². The van der Waals surface area contributed by atoms with Gasteiger partial charge in [-0.3, -0.25) is 0 Å². The van der Waals surface area contributed by atoms with Crippen LogP contribution in [0, 0.1) is 0 Å². The van der Waals surface area contributed by atoms with Gasteiger partial charge in [0.05, 0.1) is 38.6 Å². The molecule has 0 atom stereocenters. The van der Waals surface area contributed by atoms with E-state index in [-0.39, 0.29) is 60.2 Å². The van der Waals surface area contributed by atoms with Crippen molar-refractivity contribution >= 4 is 23.9 Å². The Balaban J connectivity index is 0.000000251. The Kier molecular flexibility index (Phi) is 12.8. The van der Waals surface area contributed by atoms with E-state index in [2.05, 4.69) is 4.74 Å². The van der Waals surface area contributed by atoms with Crippen LogP contribution in [0.25, 0.3) is 0 Å². The quantitative estimate of drug-likeness (QED) is 0.161. The molecule has 240 valence electrons. The van der Waals surface area contributed by atoms with Gasteiger partial charge in [0.2, 0.25) is 0 Å². The molecule has 0 amide bonds. The minimum atomic E-state index is -1.36. The summed E-state index contributed by atoms with van der Waals surface area (Å²) in [6.07, 6.45) is 0. The summed E-state index contributed by atoms with van der Waals surface area (Å²) in [6.45, 7) is 0.190. The van der Waals surface area contributed by atoms with Crippen LogP contribution in [0.2, 0.25) is 0 Å². The lowest BCUT2D eigenvalue weighted by Gasteiger charge is -2.13. The highest BCUT2D eigenvalue weighted by Gasteiger charge is 2.23. The molecule has 4 aromatic carbocycles. The molecular weight excluding hydrogens is 600 g/mol. The second-order valence-corrected chi connectivity index (χ2v) is 9.48. The minimum Gasteiger partial charge on any atom is -0.488 e. The number of rotatable bonds is 12. The van der Waals surface area contributed by atoms with Crippen LogP contribution in [0.15, 0.2) is 84.9 Å². The molecule has 0 radical (unpaired) electrons. The zero-order valence-electron chi connectivity index (χ0n) is 25.0. The molecule has 0 spiro atoms. The largest absolute Gasteiger partial charge is 0.488 e.